The van der Waals surface area contributed by atoms with Crippen molar-refractivity contribution in [1.29, 1.82) is 0 Å². The van der Waals surface area contributed by atoms with Gasteiger partial charge in [0.05, 0.1) is 10.6 Å². The van der Waals surface area contributed by atoms with Crippen molar-refractivity contribution in [2.75, 3.05) is 0 Å². The van der Waals surface area contributed by atoms with Crippen LogP contribution in [0.25, 0.3) is 5.95 Å². The Balaban J connectivity index is 2.11. The molecule has 0 unspecified atom stereocenters. The summed E-state index contributed by atoms with van der Waals surface area (Å²) in [7, 11) is 0. The lowest BCUT2D eigenvalue weighted by Gasteiger charge is -2.15. The fourth-order valence-electron chi connectivity index (χ4n) is 2.14. The number of aromatic amines is 1. The largest absolute Gasteiger partial charge is 0.449 e. The number of benzene rings is 1. The first-order valence-corrected chi connectivity index (χ1v) is 7.61. The molecular formula is C15H7ClF6N4O2. The van der Waals surface area contributed by atoms with Gasteiger partial charge < -0.3 is 4.74 Å². The van der Waals surface area contributed by atoms with Gasteiger partial charge in [-0.25, -0.2) is 9.67 Å². The van der Waals surface area contributed by atoms with Crippen LogP contribution in [0, 0.1) is 0 Å². The lowest BCUT2D eigenvalue weighted by atomic mass is 10.2. The number of H-pyrrole nitrogens is 1. The summed E-state index contributed by atoms with van der Waals surface area (Å²) in [6.45, 7) is 0. The third-order valence-corrected chi connectivity index (χ3v) is 3.65. The SMILES string of the molecule is O=c1[nH]c(-n2cccn2)nc(C(F)(F)F)c1Oc1ccc(Cl)c(C(F)(F)F)c1. The highest BCUT2D eigenvalue weighted by molar-refractivity contribution is 6.31. The van der Waals surface area contributed by atoms with Crippen LogP contribution in [0.5, 0.6) is 11.5 Å². The van der Waals surface area contributed by atoms with Crippen molar-refractivity contribution in [2.24, 2.45) is 0 Å². The summed E-state index contributed by atoms with van der Waals surface area (Å²) >= 11 is 5.45. The third-order valence-electron chi connectivity index (χ3n) is 3.32. The molecule has 28 heavy (non-hydrogen) atoms. The van der Waals surface area contributed by atoms with Crippen LogP contribution in [0.15, 0.2) is 41.5 Å². The first-order chi connectivity index (χ1) is 13.0. The number of nitrogens with zero attached hydrogens (tertiary/aromatic N) is 3. The van der Waals surface area contributed by atoms with Crippen molar-refractivity contribution in [1.82, 2.24) is 19.7 Å². The molecule has 3 aromatic rings. The van der Waals surface area contributed by atoms with Crippen LogP contribution in [0.3, 0.4) is 0 Å². The number of ether oxygens (including phenoxy) is 1. The molecule has 0 amide bonds. The van der Waals surface area contributed by atoms with Gasteiger partial charge in [0.2, 0.25) is 11.7 Å². The van der Waals surface area contributed by atoms with E-state index < -0.39 is 51.6 Å². The molecule has 1 aromatic carbocycles. The highest BCUT2D eigenvalue weighted by atomic mass is 35.5. The van der Waals surface area contributed by atoms with Gasteiger partial charge in [-0.15, -0.1) is 0 Å². The zero-order valence-corrected chi connectivity index (χ0v) is 14.0. The average molecular weight is 425 g/mol. The van der Waals surface area contributed by atoms with Crippen molar-refractivity contribution in [3.8, 4) is 17.4 Å². The lowest BCUT2D eigenvalue weighted by molar-refractivity contribution is -0.142. The van der Waals surface area contributed by atoms with E-state index in [-0.39, 0.29) is 0 Å². The standard InChI is InChI=1S/C15H7ClF6N4O2/c16-9-3-2-7(6-8(9)14(17,18)19)28-10-11(15(20,21)22)24-13(25-12(10)27)26-5-1-4-23-26/h1-6H,(H,24,25,27). The maximum Gasteiger partial charge on any atom is 0.437 e. The Morgan fingerprint density at radius 3 is 2.39 bits per heavy atom. The van der Waals surface area contributed by atoms with Gasteiger partial charge in [0.1, 0.15) is 5.75 Å². The van der Waals surface area contributed by atoms with Gasteiger partial charge in [-0.1, -0.05) is 11.6 Å². The van der Waals surface area contributed by atoms with Crippen molar-refractivity contribution in [3.05, 3.63) is 63.3 Å². The molecule has 148 valence electrons. The summed E-state index contributed by atoms with van der Waals surface area (Å²) in [5, 5.41) is 2.97. The first-order valence-electron chi connectivity index (χ1n) is 7.23. The number of halogens is 7. The van der Waals surface area contributed by atoms with E-state index in [1.807, 2.05) is 4.98 Å². The normalized spacial score (nSPS) is 12.2. The molecule has 6 nitrogen and oxygen atoms in total. The molecule has 0 aliphatic rings. The predicted octanol–water partition coefficient (Wildman–Crippen LogP) is 4.44. The molecule has 0 aliphatic heterocycles. The minimum atomic E-state index is -5.13. The Kier molecular flexibility index (Phi) is 4.83. The topological polar surface area (TPSA) is 72.8 Å². The van der Waals surface area contributed by atoms with E-state index in [1.54, 1.807) is 0 Å². The van der Waals surface area contributed by atoms with Gasteiger partial charge in [0.15, 0.2) is 5.69 Å². The minimum absolute atomic E-state index is 0.378. The fraction of sp³-hybridized carbons (Fsp3) is 0.133. The number of aromatic nitrogens is 4. The van der Waals surface area contributed by atoms with Crippen molar-refractivity contribution in [2.45, 2.75) is 12.4 Å². The van der Waals surface area contributed by atoms with Gasteiger partial charge in [-0.05, 0) is 24.3 Å². The predicted molar refractivity (Wildman–Crippen MR) is 83.5 cm³/mol. The Labute approximate surface area is 156 Å². The zero-order chi connectivity index (χ0) is 20.7. The van der Waals surface area contributed by atoms with E-state index in [0.717, 1.165) is 16.8 Å². The lowest BCUT2D eigenvalue weighted by Crippen LogP contribution is -2.22. The molecule has 0 aliphatic carbocycles. The van der Waals surface area contributed by atoms with Crippen molar-refractivity contribution in [3.63, 3.8) is 0 Å². The summed E-state index contributed by atoms with van der Waals surface area (Å²) < 4.78 is 84.5. The molecular weight excluding hydrogens is 418 g/mol. The van der Waals surface area contributed by atoms with Crippen molar-refractivity contribution >= 4 is 11.6 Å². The maximum absolute atomic E-state index is 13.4. The smallest absolute Gasteiger partial charge is 0.437 e. The average Bonchev–Trinajstić information content (AvgIpc) is 3.10. The Morgan fingerprint density at radius 2 is 1.82 bits per heavy atom. The summed E-state index contributed by atoms with van der Waals surface area (Å²) in [6.07, 6.45) is -7.54. The molecule has 13 heteroatoms. The summed E-state index contributed by atoms with van der Waals surface area (Å²) in [6, 6.07) is 3.43. The van der Waals surface area contributed by atoms with Crippen LogP contribution >= 0.6 is 11.6 Å². The van der Waals surface area contributed by atoms with E-state index in [4.69, 9.17) is 16.3 Å². The van der Waals surface area contributed by atoms with Crippen LogP contribution in [0.2, 0.25) is 5.02 Å². The maximum atomic E-state index is 13.4. The molecule has 0 radical (unpaired) electrons. The summed E-state index contributed by atoms with van der Waals surface area (Å²) in [5.74, 6) is -2.55. The molecule has 0 fully saturated rings. The Morgan fingerprint density at radius 1 is 1.11 bits per heavy atom. The second kappa shape index (κ2) is 6.86. The number of hydrogen-bond donors (Lipinski definition) is 1. The highest BCUT2D eigenvalue weighted by Crippen LogP contribution is 2.39. The van der Waals surface area contributed by atoms with Crippen LogP contribution in [-0.2, 0) is 12.4 Å². The van der Waals surface area contributed by atoms with Crippen LogP contribution in [-0.4, -0.2) is 19.7 Å². The minimum Gasteiger partial charge on any atom is -0.449 e. The van der Waals surface area contributed by atoms with Gasteiger partial charge in [0.25, 0.3) is 5.56 Å². The Hall–Kier alpha value is -3.02. The quantitative estimate of drug-likeness (QED) is 0.631. The molecule has 1 N–H and O–H groups in total. The van der Waals surface area contributed by atoms with E-state index in [9.17, 15) is 31.1 Å². The van der Waals surface area contributed by atoms with E-state index in [2.05, 4.69) is 10.1 Å². The summed E-state index contributed by atoms with van der Waals surface area (Å²) in [5.41, 5.74) is -4.43. The van der Waals surface area contributed by atoms with E-state index >= 15 is 0 Å². The summed E-state index contributed by atoms with van der Waals surface area (Å²) in [4.78, 5) is 17.5. The van der Waals surface area contributed by atoms with Crippen molar-refractivity contribution < 1.29 is 31.1 Å². The molecule has 0 spiro atoms. The van der Waals surface area contributed by atoms with E-state index in [0.29, 0.717) is 6.07 Å². The molecule has 0 saturated carbocycles. The molecule has 2 aromatic heterocycles. The third kappa shape index (κ3) is 3.96. The van der Waals surface area contributed by atoms with Gasteiger partial charge in [0, 0.05) is 12.4 Å². The second-order valence-corrected chi connectivity index (χ2v) is 5.66. The molecule has 3 rings (SSSR count). The zero-order valence-electron chi connectivity index (χ0n) is 13.3. The molecule has 0 saturated heterocycles. The monoisotopic (exact) mass is 424 g/mol. The van der Waals surface area contributed by atoms with E-state index in [1.165, 1.54) is 18.5 Å². The molecule has 2 heterocycles. The van der Waals surface area contributed by atoms with Crippen LogP contribution < -0.4 is 10.3 Å². The number of nitrogens with one attached hydrogen (secondary N) is 1. The van der Waals surface area contributed by atoms with Crippen LogP contribution in [0.4, 0.5) is 26.3 Å². The Bertz CT molecular complexity index is 1060. The fourth-order valence-corrected chi connectivity index (χ4v) is 2.37. The highest BCUT2D eigenvalue weighted by Gasteiger charge is 2.39. The number of rotatable bonds is 3. The number of hydrogen-bond acceptors (Lipinski definition) is 4. The van der Waals surface area contributed by atoms with Gasteiger partial charge in [-0.3, -0.25) is 9.78 Å². The van der Waals surface area contributed by atoms with Crippen LogP contribution in [0.1, 0.15) is 11.3 Å². The first kappa shape index (κ1) is 19.7. The number of alkyl halides is 6. The van der Waals surface area contributed by atoms with Gasteiger partial charge >= 0.3 is 12.4 Å². The molecule has 0 atom stereocenters. The second-order valence-electron chi connectivity index (χ2n) is 5.26. The van der Waals surface area contributed by atoms with Gasteiger partial charge in [-0.2, -0.15) is 31.4 Å². The molecule has 0 bridgehead atoms.